The third-order valence-corrected chi connectivity index (χ3v) is 1.79. The van der Waals surface area contributed by atoms with E-state index in [9.17, 15) is 4.79 Å². The molecule has 0 N–H and O–H groups in total. The van der Waals surface area contributed by atoms with E-state index in [4.69, 9.17) is 21.1 Å². The Labute approximate surface area is 83.7 Å². The van der Waals surface area contributed by atoms with Crippen molar-refractivity contribution in [1.82, 2.24) is 0 Å². The van der Waals surface area contributed by atoms with Gasteiger partial charge < -0.3 is 9.47 Å². The number of carbonyl (C=O) groups excluding carboxylic acids is 1. The van der Waals surface area contributed by atoms with Crippen molar-refractivity contribution in [2.45, 2.75) is 31.9 Å². The fourth-order valence-electron chi connectivity index (χ4n) is 0.634. The molecule has 0 aliphatic carbocycles. The van der Waals surface area contributed by atoms with E-state index in [1.54, 1.807) is 6.92 Å². The topological polar surface area (TPSA) is 35.5 Å². The monoisotopic (exact) mass is 206 g/mol. The van der Waals surface area contributed by atoms with Crippen LogP contribution in [-0.2, 0) is 14.3 Å². The molecule has 0 aliphatic heterocycles. The van der Waals surface area contributed by atoms with Crippen molar-refractivity contribution in [2.75, 3.05) is 6.61 Å². The molecular weight excluding hydrogens is 192 g/mol. The molecule has 3 nitrogen and oxygen atoms in total. The first-order chi connectivity index (χ1) is 6.11. The highest BCUT2D eigenvalue weighted by molar-refractivity contribution is 6.20. The normalized spacial score (nSPS) is 14.7. The van der Waals surface area contributed by atoms with Crippen LogP contribution in [0.25, 0.3) is 0 Å². The molecule has 0 aliphatic rings. The molecule has 0 rings (SSSR count). The minimum atomic E-state index is -0.753. The van der Waals surface area contributed by atoms with Crippen molar-refractivity contribution in [3.63, 3.8) is 0 Å². The van der Waals surface area contributed by atoms with Crippen molar-refractivity contribution in [2.24, 2.45) is 0 Å². The van der Waals surface area contributed by atoms with Crippen LogP contribution in [0.4, 0.5) is 0 Å². The van der Waals surface area contributed by atoms with Gasteiger partial charge in [-0.05, 0) is 13.3 Å². The Morgan fingerprint density at radius 2 is 2.31 bits per heavy atom. The van der Waals surface area contributed by atoms with Crippen LogP contribution in [0.5, 0.6) is 0 Å². The van der Waals surface area contributed by atoms with Gasteiger partial charge in [0.1, 0.15) is 6.10 Å². The molecule has 76 valence electrons. The summed E-state index contributed by atoms with van der Waals surface area (Å²) in [4.78, 5) is 10.7. The number of esters is 1. The second kappa shape index (κ2) is 6.92. The first kappa shape index (κ1) is 12.5. The molecule has 2 unspecified atom stereocenters. The van der Waals surface area contributed by atoms with E-state index in [1.807, 2.05) is 6.92 Å². The van der Waals surface area contributed by atoms with E-state index >= 15 is 0 Å². The number of rotatable bonds is 6. The molecule has 0 aromatic rings. The Bertz CT molecular complexity index is 170. The van der Waals surface area contributed by atoms with Gasteiger partial charge in [-0.1, -0.05) is 25.1 Å². The van der Waals surface area contributed by atoms with Gasteiger partial charge in [-0.25, -0.2) is 4.79 Å². The Hall–Kier alpha value is -0.540. The van der Waals surface area contributed by atoms with E-state index in [-0.39, 0.29) is 6.10 Å². The lowest BCUT2D eigenvalue weighted by atomic mass is 10.4. The molecule has 0 fully saturated rings. The van der Waals surface area contributed by atoms with Gasteiger partial charge in [-0.15, -0.1) is 0 Å². The van der Waals surface area contributed by atoms with Gasteiger partial charge in [0.25, 0.3) is 0 Å². The molecule has 13 heavy (non-hydrogen) atoms. The van der Waals surface area contributed by atoms with Gasteiger partial charge >= 0.3 is 5.97 Å². The molecule has 2 atom stereocenters. The van der Waals surface area contributed by atoms with E-state index in [0.717, 1.165) is 12.5 Å². The maximum Gasteiger partial charge on any atom is 0.331 e. The van der Waals surface area contributed by atoms with E-state index in [2.05, 4.69) is 6.58 Å². The molecule has 0 radical (unpaired) electrons. The molecule has 0 heterocycles. The van der Waals surface area contributed by atoms with Crippen molar-refractivity contribution in [1.29, 1.82) is 0 Å². The predicted octanol–water partition coefficient (Wildman–Crippen LogP) is 2.10. The molecule has 0 spiro atoms. The zero-order valence-electron chi connectivity index (χ0n) is 7.96. The lowest BCUT2D eigenvalue weighted by Gasteiger charge is -2.17. The van der Waals surface area contributed by atoms with Crippen molar-refractivity contribution in [3.05, 3.63) is 12.7 Å². The van der Waals surface area contributed by atoms with E-state index in [0.29, 0.717) is 6.61 Å². The van der Waals surface area contributed by atoms with Gasteiger partial charge in [-0.2, -0.15) is 0 Å². The predicted molar refractivity (Wildman–Crippen MR) is 51.6 cm³/mol. The fraction of sp³-hybridized carbons (Fsp3) is 0.667. The first-order valence-corrected chi connectivity index (χ1v) is 4.64. The fourth-order valence-corrected chi connectivity index (χ4v) is 0.795. The minimum Gasteiger partial charge on any atom is -0.440 e. The standard InChI is InChI=1S/C9H15ClO3/c1-4-6-12-7(3)9(10)13-8(11)5-2/h5,7,9H,2,4,6H2,1,3H3. The molecule has 0 saturated heterocycles. The molecule has 0 aromatic carbocycles. The SMILES string of the molecule is C=CC(=O)OC(Cl)C(C)OCCC. The smallest absolute Gasteiger partial charge is 0.331 e. The largest absolute Gasteiger partial charge is 0.440 e. The third-order valence-electron chi connectivity index (χ3n) is 1.35. The van der Waals surface area contributed by atoms with Crippen molar-refractivity contribution in [3.8, 4) is 0 Å². The average molecular weight is 207 g/mol. The molecule has 0 saturated carbocycles. The second-order valence-corrected chi connectivity index (χ2v) is 3.00. The summed E-state index contributed by atoms with van der Waals surface area (Å²) in [5.74, 6) is -0.535. The Balaban J connectivity index is 3.74. The number of halogens is 1. The highest BCUT2D eigenvalue weighted by Crippen LogP contribution is 2.09. The molecule has 0 amide bonds. The van der Waals surface area contributed by atoms with Crippen molar-refractivity contribution < 1.29 is 14.3 Å². The van der Waals surface area contributed by atoms with Gasteiger partial charge in [0.05, 0.1) is 0 Å². The summed E-state index contributed by atoms with van der Waals surface area (Å²) in [5.41, 5.74) is -0.753. The highest BCUT2D eigenvalue weighted by atomic mass is 35.5. The minimum absolute atomic E-state index is 0.300. The third kappa shape index (κ3) is 5.66. The van der Waals surface area contributed by atoms with Crippen LogP contribution in [0.2, 0.25) is 0 Å². The number of hydrogen-bond acceptors (Lipinski definition) is 3. The van der Waals surface area contributed by atoms with Gasteiger partial charge in [0, 0.05) is 12.7 Å². The van der Waals surface area contributed by atoms with Crippen LogP contribution >= 0.6 is 11.6 Å². The lowest BCUT2D eigenvalue weighted by molar-refractivity contribution is -0.144. The van der Waals surface area contributed by atoms with Crippen LogP contribution in [0.3, 0.4) is 0 Å². The van der Waals surface area contributed by atoms with E-state index < -0.39 is 11.5 Å². The van der Waals surface area contributed by atoms with Crippen molar-refractivity contribution >= 4 is 17.6 Å². The Morgan fingerprint density at radius 3 is 2.77 bits per heavy atom. The van der Waals surface area contributed by atoms with Crippen LogP contribution in [0.1, 0.15) is 20.3 Å². The Morgan fingerprint density at radius 1 is 1.69 bits per heavy atom. The number of alkyl halides is 1. The summed E-state index contributed by atoms with van der Waals surface area (Å²) >= 11 is 5.72. The first-order valence-electron chi connectivity index (χ1n) is 4.20. The zero-order valence-corrected chi connectivity index (χ0v) is 8.71. The number of ether oxygens (including phenoxy) is 2. The molecule has 0 bridgehead atoms. The summed E-state index contributed by atoms with van der Waals surface area (Å²) in [6, 6.07) is 0. The quantitative estimate of drug-likeness (QED) is 0.379. The molecule has 0 aromatic heterocycles. The summed E-state index contributed by atoms with van der Waals surface area (Å²) in [5, 5.41) is 0. The molecular formula is C9H15ClO3. The van der Waals surface area contributed by atoms with Crippen LogP contribution in [0.15, 0.2) is 12.7 Å². The maximum atomic E-state index is 10.7. The van der Waals surface area contributed by atoms with Gasteiger partial charge in [0.15, 0.2) is 0 Å². The zero-order chi connectivity index (χ0) is 10.3. The van der Waals surface area contributed by atoms with Crippen LogP contribution in [0, 0.1) is 0 Å². The number of hydrogen-bond donors (Lipinski definition) is 0. The van der Waals surface area contributed by atoms with Crippen LogP contribution in [-0.4, -0.2) is 24.2 Å². The summed E-state index contributed by atoms with van der Waals surface area (Å²) < 4.78 is 10.00. The van der Waals surface area contributed by atoms with Gasteiger partial charge in [0.2, 0.25) is 5.56 Å². The van der Waals surface area contributed by atoms with Gasteiger partial charge in [-0.3, -0.25) is 0 Å². The second-order valence-electron chi connectivity index (χ2n) is 2.57. The average Bonchev–Trinajstić information content (AvgIpc) is 2.13. The summed E-state index contributed by atoms with van der Waals surface area (Å²) in [7, 11) is 0. The lowest BCUT2D eigenvalue weighted by Crippen LogP contribution is -2.26. The summed E-state index contributed by atoms with van der Waals surface area (Å²) in [6.45, 7) is 7.61. The highest BCUT2D eigenvalue weighted by Gasteiger charge is 2.17. The molecule has 4 heteroatoms. The summed E-state index contributed by atoms with van der Waals surface area (Å²) in [6.07, 6.45) is 1.68. The Kier molecular flexibility index (Phi) is 6.63. The van der Waals surface area contributed by atoms with E-state index in [1.165, 1.54) is 0 Å². The number of carbonyl (C=O) groups is 1. The van der Waals surface area contributed by atoms with Crippen LogP contribution < -0.4 is 0 Å². The maximum absolute atomic E-state index is 10.7.